The molecule has 0 fully saturated rings. The molecule has 0 heterocycles. The Morgan fingerprint density at radius 1 is 0.409 bits per heavy atom. The number of hydrogen-bond acceptors (Lipinski definition) is 17. The Morgan fingerprint density at radius 3 is 0.803 bits per heavy atom. The summed E-state index contributed by atoms with van der Waals surface area (Å²) in [5.74, 6) is -3.75. The molecule has 19 nitrogen and oxygen atoms in total. The van der Waals surface area contributed by atoms with Crippen molar-refractivity contribution in [2.24, 2.45) is 0 Å². The highest BCUT2D eigenvalue weighted by molar-refractivity contribution is 14.1. The summed E-state index contributed by atoms with van der Waals surface area (Å²) in [4.78, 5) is 83.9. The third-order valence-corrected chi connectivity index (χ3v) is 16.6. The molecule has 6 atom stereocenters. The zero-order valence-electron chi connectivity index (χ0n) is 35.5. The van der Waals surface area contributed by atoms with Gasteiger partial charge in [0.25, 0.3) is 0 Å². The summed E-state index contributed by atoms with van der Waals surface area (Å²) in [6, 6.07) is 0. The number of Topliss-reactive ketones (excluding diaryl/α,β-unsaturated/α-hetero) is 4. The number of aliphatic hydroxyl groups is 11. The number of halogens is 6. The van der Waals surface area contributed by atoms with Gasteiger partial charge in [0.05, 0.1) is 75.3 Å². The van der Waals surface area contributed by atoms with Crippen molar-refractivity contribution in [3.8, 4) is 0 Å². The molecule has 11 N–H and O–H groups in total. The molecule has 0 radical (unpaired) electrons. The zero-order valence-corrected chi connectivity index (χ0v) is 48.4. The molecule has 0 saturated carbocycles. The molecule has 0 spiro atoms. The second-order valence-electron chi connectivity index (χ2n) is 15.2. The molecule has 0 aliphatic carbocycles. The zero-order chi connectivity index (χ0) is 50.5. The molecule has 2 amide bonds. The molecule has 2 aromatic rings. The van der Waals surface area contributed by atoms with Gasteiger partial charge in [-0.05, 0) is 161 Å². The number of rotatable bonds is 28. The molecule has 2 aromatic carbocycles. The quantitative estimate of drug-likeness (QED) is 0.0429. The first-order chi connectivity index (χ1) is 30.8. The van der Waals surface area contributed by atoms with Crippen LogP contribution in [0.2, 0.25) is 0 Å². The number of carbonyl (C=O) groups excluding carboxylic acids is 6. The second kappa shape index (κ2) is 29.5. The summed E-state index contributed by atoms with van der Waals surface area (Å²) in [6.07, 6.45) is -12.7. The van der Waals surface area contributed by atoms with Crippen molar-refractivity contribution in [2.45, 2.75) is 108 Å². The molecule has 6 unspecified atom stereocenters. The van der Waals surface area contributed by atoms with Crippen molar-refractivity contribution in [1.29, 1.82) is 0 Å². The van der Waals surface area contributed by atoms with E-state index >= 15 is 0 Å². The Kier molecular flexibility index (Phi) is 27.8. The Morgan fingerprint density at radius 2 is 0.621 bits per heavy atom. The fourth-order valence-electron chi connectivity index (χ4n) is 6.41. The van der Waals surface area contributed by atoms with E-state index in [4.69, 9.17) is 0 Å². The van der Waals surface area contributed by atoms with Crippen LogP contribution in [0.15, 0.2) is 0 Å². The van der Waals surface area contributed by atoms with E-state index in [1.807, 2.05) is 0 Å². The highest BCUT2D eigenvalue weighted by atomic mass is 127. The van der Waals surface area contributed by atoms with Gasteiger partial charge in [-0.2, -0.15) is 0 Å². The summed E-state index contributed by atoms with van der Waals surface area (Å²) in [7, 11) is 0. The van der Waals surface area contributed by atoms with Gasteiger partial charge >= 0.3 is 0 Å². The van der Waals surface area contributed by atoms with Gasteiger partial charge < -0.3 is 66.0 Å². The molecule has 0 aliphatic heterocycles. The van der Waals surface area contributed by atoms with Crippen LogP contribution < -0.4 is 9.80 Å². The third kappa shape index (κ3) is 16.5. The van der Waals surface area contributed by atoms with Gasteiger partial charge in [-0.25, -0.2) is 0 Å². The minimum Gasteiger partial charge on any atom is -0.394 e. The lowest BCUT2D eigenvalue weighted by atomic mass is 9.96. The third-order valence-electron chi connectivity index (χ3n) is 10.2. The lowest BCUT2D eigenvalue weighted by Crippen LogP contribution is -2.51. The number of hydrogen-bond donors (Lipinski definition) is 11. The maximum Gasteiger partial charge on any atom is 0.224 e. The van der Waals surface area contributed by atoms with Gasteiger partial charge in [-0.1, -0.05) is 0 Å². The first-order valence-corrected chi connectivity index (χ1v) is 26.6. The summed E-state index contributed by atoms with van der Waals surface area (Å²) < 4.78 is 0.946. The summed E-state index contributed by atoms with van der Waals surface area (Å²) in [5, 5.41) is 112. The second-order valence-corrected chi connectivity index (χ2v) is 21.6. The molecule has 66 heavy (non-hydrogen) atoms. The van der Waals surface area contributed by atoms with E-state index in [0.29, 0.717) is 0 Å². The SMILES string of the molecule is CC(=O)N(CC(O)C(O)C(O)CN(C(C)=O)c1c(I)c(C(=O)CCC(O)CO)c(I)c(C(=O)CCC(O)CO)c1I)c1c(I)c(C(=O)CCC(O)CO)c(I)c(C(=O)CCC(O)CO)c1I. The van der Waals surface area contributed by atoms with Crippen molar-refractivity contribution in [1.82, 2.24) is 0 Å². The van der Waals surface area contributed by atoms with Gasteiger partial charge in [0.2, 0.25) is 11.8 Å². The number of carbonyl (C=O) groups is 6. The lowest BCUT2D eigenvalue weighted by molar-refractivity contribution is -0.117. The van der Waals surface area contributed by atoms with Gasteiger partial charge in [0, 0.05) is 83.2 Å². The van der Waals surface area contributed by atoms with Crippen LogP contribution in [0, 0.1) is 21.4 Å². The van der Waals surface area contributed by atoms with Crippen molar-refractivity contribution < 1.29 is 84.9 Å². The van der Waals surface area contributed by atoms with Crippen LogP contribution in [-0.2, 0) is 9.59 Å². The van der Waals surface area contributed by atoms with Gasteiger partial charge in [-0.15, -0.1) is 0 Å². The van der Waals surface area contributed by atoms with E-state index in [0.717, 1.165) is 23.6 Å². The monoisotopic (exact) mass is 1610 g/mol. The molecule has 370 valence electrons. The van der Waals surface area contributed by atoms with Gasteiger partial charge in [0.1, 0.15) is 18.3 Å². The highest BCUT2D eigenvalue weighted by Gasteiger charge is 2.37. The number of benzene rings is 2. The van der Waals surface area contributed by atoms with Crippen molar-refractivity contribution >= 4 is 182 Å². The van der Waals surface area contributed by atoms with E-state index < -0.39 is 117 Å². The Labute approximate surface area is 462 Å². The highest BCUT2D eigenvalue weighted by Crippen LogP contribution is 2.41. The van der Waals surface area contributed by atoms with E-state index in [2.05, 4.69) is 0 Å². The topological polar surface area (TPSA) is 331 Å². The standard InChI is InChI=1S/C41H52I6N2O17/c1-17(54)48(39-35(44)29(23(60)7-3-19(56)13-50)33(42)30(36(39)45)24(61)8-4-20(57)14-51)11-27(64)41(66)28(65)12-49(18(2)55)40-37(46)31(25(62)9-5-21(58)15-52)34(43)32(38(40)47)26(63)10-6-22(59)16-53/h19-22,27-28,41,50-53,56-59,64-66H,3-16H2,1-2H3. The first kappa shape index (κ1) is 62.1. The number of aliphatic hydroxyl groups excluding tert-OH is 11. The fourth-order valence-corrected chi connectivity index (χ4v) is 16.3. The van der Waals surface area contributed by atoms with Crippen LogP contribution in [0.3, 0.4) is 0 Å². The van der Waals surface area contributed by atoms with Crippen LogP contribution in [-0.4, -0.2) is 173 Å². The molecule has 0 aliphatic rings. The maximum absolute atomic E-state index is 13.7. The van der Waals surface area contributed by atoms with Crippen LogP contribution in [0.25, 0.3) is 0 Å². The molecule has 2 rings (SSSR count). The molecule has 0 saturated heterocycles. The Hall–Kier alpha value is -0.000000000000000111. The average molecular weight is 1610 g/mol. The van der Waals surface area contributed by atoms with E-state index in [9.17, 15) is 84.9 Å². The minimum absolute atomic E-state index is 0.0205. The smallest absolute Gasteiger partial charge is 0.224 e. The normalized spacial score (nSPS) is 14.8. The average Bonchev–Trinajstić information content (AvgIpc) is 3.26. The number of nitrogens with zero attached hydrogens (tertiary/aromatic N) is 2. The van der Waals surface area contributed by atoms with Crippen LogP contribution in [0.5, 0.6) is 0 Å². The summed E-state index contributed by atoms with van der Waals surface area (Å²) in [6.45, 7) is -1.75. The summed E-state index contributed by atoms with van der Waals surface area (Å²) >= 11 is 10.8. The summed E-state index contributed by atoms with van der Waals surface area (Å²) in [5.41, 5.74) is -0.133. The van der Waals surface area contributed by atoms with E-state index in [1.165, 1.54) is 0 Å². The lowest BCUT2D eigenvalue weighted by Gasteiger charge is -2.33. The molecular formula is C41H52I6N2O17. The Bertz CT molecular complexity index is 1850. The molecule has 0 bridgehead atoms. The van der Waals surface area contributed by atoms with E-state index in [1.54, 1.807) is 136 Å². The predicted molar refractivity (Wildman–Crippen MR) is 290 cm³/mol. The van der Waals surface area contributed by atoms with Gasteiger partial charge in [-0.3, -0.25) is 28.8 Å². The predicted octanol–water partition coefficient (Wildman–Crippen LogP) is 2.07. The first-order valence-electron chi connectivity index (χ1n) is 20.1. The van der Waals surface area contributed by atoms with Crippen molar-refractivity contribution in [3.05, 3.63) is 43.7 Å². The number of amides is 2. The molecule has 0 aromatic heterocycles. The number of anilines is 2. The van der Waals surface area contributed by atoms with Crippen molar-refractivity contribution in [3.63, 3.8) is 0 Å². The van der Waals surface area contributed by atoms with Crippen LogP contribution in [0.1, 0.15) is 107 Å². The number of ketones is 4. The van der Waals surface area contributed by atoms with Crippen molar-refractivity contribution in [2.75, 3.05) is 49.3 Å². The minimum atomic E-state index is -2.11. The van der Waals surface area contributed by atoms with Gasteiger partial charge in [0.15, 0.2) is 23.1 Å². The van der Waals surface area contributed by atoms with Crippen LogP contribution >= 0.6 is 136 Å². The van der Waals surface area contributed by atoms with E-state index in [-0.39, 0.29) is 106 Å². The maximum atomic E-state index is 13.7. The Balaban J connectivity index is 2.74. The molecule has 25 heteroatoms. The fraction of sp³-hybridized carbons (Fsp3) is 0.561. The van der Waals surface area contributed by atoms with Crippen LogP contribution in [0.4, 0.5) is 11.4 Å². The largest absolute Gasteiger partial charge is 0.394 e. The molecular weight excluding hydrogens is 1550 g/mol.